The molecule has 108 valence electrons. The number of hydrogen-bond acceptors (Lipinski definition) is 6. The van der Waals surface area contributed by atoms with Gasteiger partial charge in [-0.25, -0.2) is 8.42 Å². The Morgan fingerprint density at radius 1 is 1.15 bits per heavy atom. The van der Waals surface area contributed by atoms with Crippen LogP contribution in [0.3, 0.4) is 0 Å². The van der Waals surface area contributed by atoms with E-state index in [-0.39, 0.29) is 5.16 Å². The molecule has 0 aliphatic heterocycles. The minimum absolute atomic E-state index is 0.316. The molecule has 0 radical (unpaired) electrons. The smallest absolute Gasteiger partial charge is 0.296 e. The van der Waals surface area contributed by atoms with Gasteiger partial charge in [0.05, 0.1) is 14.2 Å². The van der Waals surface area contributed by atoms with Gasteiger partial charge in [-0.3, -0.25) is 4.57 Å². The summed E-state index contributed by atoms with van der Waals surface area (Å²) in [5.74, 6) is 1.41. The van der Waals surface area contributed by atoms with Crippen LogP contribution in [0.15, 0.2) is 23.4 Å². The maximum absolute atomic E-state index is 11.3. The van der Waals surface area contributed by atoms with Crippen molar-refractivity contribution in [2.45, 2.75) is 5.16 Å². The molecule has 7 nitrogen and oxygen atoms in total. The van der Waals surface area contributed by atoms with Gasteiger partial charge in [-0.1, -0.05) is 0 Å². The Labute approximate surface area is 120 Å². The number of aromatic nitrogens is 3. The molecular formula is C11H12ClN3O4S. The zero-order valence-corrected chi connectivity index (χ0v) is 12.6. The van der Waals surface area contributed by atoms with Crippen molar-refractivity contribution in [3.8, 4) is 22.9 Å². The van der Waals surface area contributed by atoms with Gasteiger partial charge in [0, 0.05) is 23.3 Å². The van der Waals surface area contributed by atoms with Crippen LogP contribution < -0.4 is 9.47 Å². The quantitative estimate of drug-likeness (QED) is 0.793. The summed E-state index contributed by atoms with van der Waals surface area (Å²) in [5.41, 5.74) is 0.629. The summed E-state index contributed by atoms with van der Waals surface area (Å²) in [4.78, 5) is 0. The second-order valence-electron chi connectivity index (χ2n) is 3.87. The Morgan fingerprint density at radius 3 is 2.30 bits per heavy atom. The lowest BCUT2D eigenvalue weighted by Gasteiger charge is -2.09. The lowest BCUT2D eigenvalue weighted by molar-refractivity contribution is 0.355. The van der Waals surface area contributed by atoms with Gasteiger partial charge in [0.15, 0.2) is 17.3 Å². The summed E-state index contributed by atoms with van der Waals surface area (Å²) >= 11 is 0. The fourth-order valence-corrected chi connectivity index (χ4v) is 2.71. The molecule has 0 amide bonds. The van der Waals surface area contributed by atoms with Crippen molar-refractivity contribution < 1.29 is 17.9 Å². The zero-order valence-electron chi connectivity index (χ0n) is 11.0. The second kappa shape index (κ2) is 5.29. The minimum atomic E-state index is -3.94. The van der Waals surface area contributed by atoms with E-state index in [0.717, 1.165) is 0 Å². The van der Waals surface area contributed by atoms with Crippen molar-refractivity contribution in [3.05, 3.63) is 18.2 Å². The Bertz CT molecular complexity index is 742. The van der Waals surface area contributed by atoms with Gasteiger partial charge in [0.2, 0.25) is 0 Å². The Kier molecular flexibility index (Phi) is 3.87. The van der Waals surface area contributed by atoms with E-state index in [2.05, 4.69) is 10.2 Å². The molecule has 1 aromatic carbocycles. The average Bonchev–Trinajstić information content (AvgIpc) is 2.79. The minimum Gasteiger partial charge on any atom is -0.493 e. The van der Waals surface area contributed by atoms with E-state index in [0.29, 0.717) is 22.9 Å². The van der Waals surface area contributed by atoms with Crippen LogP contribution >= 0.6 is 10.7 Å². The monoisotopic (exact) mass is 317 g/mol. The normalized spacial score (nSPS) is 11.4. The first-order valence-electron chi connectivity index (χ1n) is 5.45. The third kappa shape index (κ3) is 2.56. The molecule has 1 aromatic heterocycles. The van der Waals surface area contributed by atoms with E-state index in [1.54, 1.807) is 18.2 Å². The Morgan fingerprint density at radius 2 is 1.80 bits per heavy atom. The number of benzene rings is 1. The molecule has 20 heavy (non-hydrogen) atoms. The molecule has 0 bridgehead atoms. The number of rotatable bonds is 4. The highest BCUT2D eigenvalue weighted by molar-refractivity contribution is 8.13. The van der Waals surface area contributed by atoms with Crippen molar-refractivity contribution in [1.82, 2.24) is 14.8 Å². The van der Waals surface area contributed by atoms with Gasteiger partial charge >= 0.3 is 0 Å². The SMILES string of the molecule is COc1ccc(-c2nnc(S(=O)(=O)Cl)n2C)cc1OC. The topological polar surface area (TPSA) is 83.3 Å². The molecule has 0 aliphatic carbocycles. The molecule has 0 saturated carbocycles. The first-order chi connectivity index (χ1) is 9.38. The zero-order chi connectivity index (χ0) is 14.9. The summed E-state index contributed by atoms with van der Waals surface area (Å²) < 4.78 is 34.3. The van der Waals surface area contributed by atoms with Crippen molar-refractivity contribution in [1.29, 1.82) is 0 Å². The van der Waals surface area contributed by atoms with Gasteiger partial charge in [-0.2, -0.15) is 0 Å². The highest BCUT2D eigenvalue weighted by atomic mass is 35.7. The molecule has 0 fully saturated rings. The predicted octanol–water partition coefficient (Wildman–Crippen LogP) is 1.43. The first kappa shape index (κ1) is 14.6. The lowest BCUT2D eigenvalue weighted by atomic mass is 10.2. The third-order valence-corrected chi connectivity index (χ3v) is 3.90. The van der Waals surface area contributed by atoms with E-state index < -0.39 is 9.05 Å². The van der Waals surface area contributed by atoms with Crippen LogP contribution in [0.5, 0.6) is 11.5 Å². The van der Waals surface area contributed by atoms with Gasteiger partial charge in [-0.15, -0.1) is 10.2 Å². The van der Waals surface area contributed by atoms with Gasteiger partial charge < -0.3 is 9.47 Å². The molecular weight excluding hydrogens is 306 g/mol. The Hall–Kier alpha value is -1.80. The standard InChI is InChI=1S/C11H12ClN3O4S/c1-15-10(13-14-11(15)20(12,16)17)7-4-5-8(18-2)9(6-7)19-3/h4-6H,1-3H3. The number of halogens is 1. The van der Waals surface area contributed by atoms with Crippen LogP contribution in [0, 0.1) is 0 Å². The first-order valence-corrected chi connectivity index (χ1v) is 7.76. The lowest BCUT2D eigenvalue weighted by Crippen LogP contribution is -2.03. The van der Waals surface area contributed by atoms with Gasteiger partial charge in [-0.05, 0) is 18.2 Å². The number of methoxy groups -OCH3 is 2. The van der Waals surface area contributed by atoms with Crippen LogP contribution in [-0.2, 0) is 16.1 Å². The van der Waals surface area contributed by atoms with Crippen LogP contribution in [0.1, 0.15) is 0 Å². The van der Waals surface area contributed by atoms with Crippen LogP contribution in [0.2, 0.25) is 0 Å². The number of ether oxygens (including phenoxy) is 2. The van der Waals surface area contributed by atoms with E-state index in [9.17, 15) is 8.42 Å². The number of nitrogens with zero attached hydrogens (tertiary/aromatic N) is 3. The number of hydrogen-bond donors (Lipinski definition) is 0. The molecule has 0 atom stereocenters. The molecule has 2 rings (SSSR count). The fraction of sp³-hybridized carbons (Fsp3) is 0.273. The molecule has 1 heterocycles. The maximum Gasteiger partial charge on any atom is 0.296 e. The third-order valence-electron chi connectivity index (χ3n) is 2.69. The summed E-state index contributed by atoms with van der Waals surface area (Å²) in [5, 5.41) is 7.10. The largest absolute Gasteiger partial charge is 0.493 e. The van der Waals surface area contributed by atoms with Crippen LogP contribution in [0.25, 0.3) is 11.4 Å². The fourth-order valence-electron chi connectivity index (χ4n) is 1.75. The average molecular weight is 318 g/mol. The molecule has 2 aromatic rings. The predicted molar refractivity (Wildman–Crippen MR) is 72.6 cm³/mol. The van der Waals surface area contributed by atoms with Crippen LogP contribution in [0.4, 0.5) is 0 Å². The maximum atomic E-state index is 11.3. The van der Waals surface area contributed by atoms with E-state index in [4.69, 9.17) is 20.2 Å². The highest BCUT2D eigenvalue weighted by Gasteiger charge is 2.21. The summed E-state index contributed by atoms with van der Waals surface area (Å²) in [7, 11) is 5.88. The summed E-state index contributed by atoms with van der Waals surface area (Å²) in [6.45, 7) is 0. The summed E-state index contributed by atoms with van der Waals surface area (Å²) in [6.07, 6.45) is 0. The van der Waals surface area contributed by atoms with Gasteiger partial charge in [0.1, 0.15) is 0 Å². The molecule has 0 aliphatic rings. The molecule has 9 heteroatoms. The van der Waals surface area contributed by atoms with Crippen molar-refractivity contribution in [3.63, 3.8) is 0 Å². The second-order valence-corrected chi connectivity index (χ2v) is 6.33. The molecule has 0 spiro atoms. The molecule has 0 saturated heterocycles. The van der Waals surface area contributed by atoms with Crippen molar-refractivity contribution in [2.24, 2.45) is 7.05 Å². The van der Waals surface area contributed by atoms with Gasteiger partial charge in [0.25, 0.3) is 14.2 Å². The van der Waals surface area contributed by atoms with E-state index in [1.807, 2.05) is 0 Å². The highest BCUT2D eigenvalue weighted by Crippen LogP contribution is 2.32. The summed E-state index contributed by atoms with van der Waals surface area (Å²) in [6, 6.07) is 5.08. The van der Waals surface area contributed by atoms with E-state index in [1.165, 1.54) is 25.8 Å². The van der Waals surface area contributed by atoms with E-state index >= 15 is 0 Å². The Balaban J connectivity index is 2.56. The molecule has 0 unspecified atom stereocenters. The van der Waals surface area contributed by atoms with Crippen molar-refractivity contribution in [2.75, 3.05) is 14.2 Å². The molecule has 0 N–H and O–H groups in total. The van der Waals surface area contributed by atoms with Crippen molar-refractivity contribution >= 4 is 19.7 Å². The van der Waals surface area contributed by atoms with Crippen LogP contribution in [-0.4, -0.2) is 37.4 Å².